The fourth-order valence-corrected chi connectivity index (χ4v) is 4.52. The van der Waals surface area contributed by atoms with Crippen molar-refractivity contribution in [3.05, 3.63) is 114 Å². The third-order valence-electron chi connectivity index (χ3n) is 6.27. The van der Waals surface area contributed by atoms with Gasteiger partial charge in [0, 0.05) is 17.2 Å². The number of benzene rings is 4. The van der Waals surface area contributed by atoms with Crippen LogP contribution in [-0.2, 0) is 4.79 Å². The molecule has 8 nitrogen and oxygen atoms in total. The number of rotatable bonds is 7. The van der Waals surface area contributed by atoms with E-state index in [1.54, 1.807) is 36.4 Å². The second-order valence-electron chi connectivity index (χ2n) is 8.71. The van der Waals surface area contributed by atoms with E-state index in [0.29, 0.717) is 27.8 Å². The van der Waals surface area contributed by atoms with Gasteiger partial charge in [0.2, 0.25) is 5.91 Å². The van der Waals surface area contributed by atoms with Crippen LogP contribution in [-0.4, -0.2) is 33.0 Å². The van der Waals surface area contributed by atoms with Gasteiger partial charge >= 0.3 is 0 Å². The zero-order chi connectivity index (χ0) is 25.9. The number of nitrogen functional groups attached to an aromatic ring is 1. The van der Waals surface area contributed by atoms with Gasteiger partial charge in [0.1, 0.15) is 6.10 Å². The molecular formula is C29H25N5O3. The van der Waals surface area contributed by atoms with Gasteiger partial charge < -0.3 is 26.9 Å². The van der Waals surface area contributed by atoms with Gasteiger partial charge in [-0.25, -0.2) is 4.98 Å². The van der Waals surface area contributed by atoms with Crippen LogP contribution in [0.5, 0.6) is 0 Å². The van der Waals surface area contributed by atoms with E-state index in [2.05, 4.69) is 15.3 Å². The van der Waals surface area contributed by atoms with Crippen molar-refractivity contribution in [3.63, 3.8) is 0 Å². The van der Waals surface area contributed by atoms with E-state index >= 15 is 0 Å². The number of carbonyl (C=O) groups excluding carboxylic acids is 2. The maximum Gasteiger partial charge on any atom is 0.254 e. The van der Waals surface area contributed by atoms with Crippen molar-refractivity contribution in [3.8, 4) is 11.1 Å². The zero-order valence-corrected chi connectivity index (χ0v) is 19.8. The number of fused-ring (bicyclic) bond motifs is 1. The van der Waals surface area contributed by atoms with Gasteiger partial charge in [-0.2, -0.15) is 0 Å². The summed E-state index contributed by atoms with van der Waals surface area (Å²) in [6.45, 7) is 0. The molecule has 0 saturated carbocycles. The highest BCUT2D eigenvalue weighted by Crippen LogP contribution is 2.37. The normalized spacial score (nSPS) is 12.7. The summed E-state index contributed by atoms with van der Waals surface area (Å²) in [6, 6.07) is 29.0. The quantitative estimate of drug-likeness (QED) is 0.233. The number of aliphatic hydroxyl groups is 1. The van der Waals surface area contributed by atoms with Crippen LogP contribution in [0.3, 0.4) is 0 Å². The van der Waals surface area contributed by atoms with Crippen molar-refractivity contribution < 1.29 is 14.7 Å². The third-order valence-corrected chi connectivity index (χ3v) is 6.27. The molecule has 8 heteroatoms. The fourth-order valence-electron chi connectivity index (χ4n) is 4.52. The molecule has 2 unspecified atom stereocenters. The summed E-state index contributed by atoms with van der Waals surface area (Å²) in [6.07, 6.45) is -1.49. The van der Waals surface area contributed by atoms with Crippen LogP contribution in [0.15, 0.2) is 97.1 Å². The van der Waals surface area contributed by atoms with Crippen molar-refractivity contribution in [1.82, 2.24) is 9.97 Å². The highest BCUT2D eigenvalue weighted by Gasteiger charge is 2.32. The molecule has 2 atom stereocenters. The Morgan fingerprint density at radius 1 is 0.892 bits per heavy atom. The molecular weight excluding hydrogens is 466 g/mol. The van der Waals surface area contributed by atoms with Gasteiger partial charge in [-0.1, -0.05) is 66.7 Å². The minimum absolute atomic E-state index is 0.269. The molecule has 37 heavy (non-hydrogen) atoms. The Labute approximate surface area is 213 Å². The molecule has 0 aliphatic rings. The second kappa shape index (κ2) is 9.96. The van der Waals surface area contributed by atoms with E-state index < -0.39 is 23.8 Å². The largest absolute Gasteiger partial charge is 0.382 e. The van der Waals surface area contributed by atoms with E-state index in [-0.39, 0.29) is 11.5 Å². The Hall–Kier alpha value is -4.95. The van der Waals surface area contributed by atoms with Crippen molar-refractivity contribution in [1.29, 1.82) is 0 Å². The van der Waals surface area contributed by atoms with Crippen molar-refractivity contribution >= 4 is 34.5 Å². The molecule has 0 fully saturated rings. The van der Waals surface area contributed by atoms with Crippen molar-refractivity contribution in [2.45, 2.75) is 12.0 Å². The molecule has 4 aromatic carbocycles. The number of aromatic nitrogens is 2. The standard InChI is InChI=1S/C29H25N5O3/c30-27(36)19-11-13-21(17-7-3-1-4-8-17)22(15-19)25(18-9-5-2-6-10-18)26(35)28(37)32-20-12-14-23-24(16-20)34-29(31)33-23/h1-16,25-26,35H,(H2,30,36)(H,32,37)(H3,31,33,34). The van der Waals surface area contributed by atoms with Crippen LogP contribution in [0.4, 0.5) is 11.6 Å². The molecule has 184 valence electrons. The first kappa shape index (κ1) is 23.8. The number of nitrogens with one attached hydrogen (secondary N) is 2. The number of anilines is 2. The van der Waals surface area contributed by atoms with Crippen molar-refractivity contribution in [2.24, 2.45) is 5.73 Å². The number of primary amides is 1. The summed E-state index contributed by atoms with van der Waals surface area (Å²) >= 11 is 0. The lowest BCUT2D eigenvalue weighted by Gasteiger charge is -2.26. The first-order valence-corrected chi connectivity index (χ1v) is 11.7. The molecule has 5 aromatic rings. The molecule has 0 radical (unpaired) electrons. The lowest BCUT2D eigenvalue weighted by molar-refractivity contribution is -0.124. The maximum atomic E-state index is 13.4. The van der Waals surface area contributed by atoms with Crippen LogP contribution in [0.2, 0.25) is 0 Å². The molecule has 0 aliphatic carbocycles. The maximum absolute atomic E-state index is 13.4. The summed E-state index contributed by atoms with van der Waals surface area (Å²) in [5.74, 6) is -1.73. The average Bonchev–Trinajstić information content (AvgIpc) is 3.29. The molecule has 2 amide bonds. The number of hydrogen-bond donors (Lipinski definition) is 5. The fraction of sp³-hybridized carbons (Fsp3) is 0.0690. The van der Waals surface area contributed by atoms with Gasteiger partial charge in [-0.15, -0.1) is 0 Å². The number of imidazole rings is 1. The van der Waals surface area contributed by atoms with Gasteiger partial charge in [0.15, 0.2) is 5.95 Å². The first-order chi connectivity index (χ1) is 17.9. The Kier molecular flexibility index (Phi) is 6.40. The SMILES string of the molecule is NC(=O)c1ccc(-c2ccccc2)c(C(c2ccccc2)C(O)C(=O)Nc2ccc3nc(N)[nH]c3c2)c1. The van der Waals surface area contributed by atoms with Gasteiger partial charge in [-0.3, -0.25) is 9.59 Å². The first-order valence-electron chi connectivity index (χ1n) is 11.7. The highest BCUT2D eigenvalue weighted by atomic mass is 16.3. The summed E-state index contributed by atoms with van der Waals surface area (Å²) in [7, 11) is 0. The van der Waals surface area contributed by atoms with E-state index in [0.717, 1.165) is 11.1 Å². The van der Waals surface area contributed by atoms with E-state index in [4.69, 9.17) is 11.5 Å². The number of carbonyl (C=O) groups is 2. The molecule has 0 bridgehead atoms. The lowest BCUT2D eigenvalue weighted by Crippen LogP contribution is -2.34. The van der Waals surface area contributed by atoms with Crippen LogP contribution in [0, 0.1) is 0 Å². The number of H-pyrrole nitrogens is 1. The minimum atomic E-state index is -1.49. The Morgan fingerprint density at radius 2 is 1.59 bits per heavy atom. The summed E-state index contributed by atoms with van der Waals surface area (Å²) in [5, 5.41) is 14.3. The number of amides is 2. The molecule has 0 aliphatic heterocycles. The van der Waals surface area contributed by atoms with Gasteiger partial charge in [0.05, 0.1) is 11.0 Å². The topological polar surface area (TPSA) is 147 Å². The van der Waals surface area contributed by atoms with E-state index in [9.17, 15) is 14.7 Å². The Bertz CT molecular complexity index is 1580. The number of aliphatic hydroxyl groups excluding tert-OH is 1. The summed E-state index contributed by atoms with van der Waals surface area (Å²) in [5.41, 5.74) is 16.4. The van der Waals surface area contributed by atoms with E-state index in [1.165, 1.54) is 0 Å². The average molecular weight is 492 g/mol. The highest BCUT2D eigenvalue weighted by molar-refractivity contribution is 5.98. The monoisotopic (exact) mass is 491 g/mol. The molecule has 1 aromatic heterocycles. The van der Waals surface area contributed by atoms with Crippen molar-refractivity contribution in [2.75, 3.05) is 11.1 Å². The van der Waals surface area contributed by atoms with Crippen LogP contribution in [0.1, 0.15) is 27.4 Å². The van der Waals surface area contributed by atoms with Gasteiger partial charge in [-0.05, 0) is 52.6 Å². The van der Waals surface area contributed by atoms with E-state index in [1.807, 2.05) is 60.7 Å². The number of nitrogens with zero attached hydrogens (tertiary/aromatic N) is 1. The predicted octanol–water partition coefficient (Wildman–Crippen LogP) is 4.04. The van der Waals surface area contributed by atoms with Crippen LogP contribution < -0.4 is 16.8 Å². The molecule has 0 spiro atoms. The Morgan fingerprint density at radius 3 is 2.30 bits per heavy atom. The molecule has 5 rings (SSSR count). The third kappa shape index (κ3) is 4.91. The summed E-state index contributed by atoms with van der Waals surface area (Å²) in [4.78, 5) is 32.6. The zero-order valence-electron chi connectivity index (χ0n) is 19.8. The molecule has 0 saturated heterocycles. The predicted molar refractivity (Wildman–Crippen MR) is 144 cm³/mol. The smallest absolute Gasteiger partial charge is 0.254 e. The second-order valence-corrected chi connectivity index (χ2v) is 8.71. The summed E-state index contributed by atoms with van der Waals surface area (Å²) < 4.78 is 0. The Balaban J connectivity index is 1.58. The number of aromatic amines is 1. The lowest BCUT2D eigenvalue weighted by atomic mass is 9.81. The van der Waals surface area contributed by atoms with Crippen LogP contribution >= 0.6 is 0 Å². The van der Waals surface area contributed by atoms with Gasteiger partial charge in [0.25, 0.3) is 5.91 Å². The minimum Gasteiger partial charge on any atom is -0.382 e. The number of hydrogen-bond acceptors (Lipinski definition) is 5. The van der Waals surface area contributed by atoms with Crippen LogP contribution in [0.25, 0.3) is 22.2 Å². The molecule has 7 N–H and O–H groups in total. The number of nitrogens with two attached hydrogens (primary N) is 2. The molecule has 1 heterocycles.